The van der Waals surface area contributed by atoms with Crippen LogP contribution in [-0.2, 0) is 11.3 Å². The van der Waals surface area contributed by atoms with Crippen LogP contribution in [-0.4, -0.2) is 23.3 Å². The van der Waals surface area contributed by atoms with E-state index in [1.165, 1.54) is 31.2 Å². The number of hydrogen-bond donors (Lipinski definition) is 0. The molecule has 19 heavy (non-hydrogen) atoms. The molecule has 1 unspecified atom stereocenters. The first-order chi connectivity index (χ1) is 9.29. The van der Waals surface area contributed by atoms with E-state index >= 15 is 0 Å². The molecule has 1 aliphatic heterocycles. The molecule has 1 fully saturated rings. The molecule has 0 N–H and O–H groups in total. The summed E-state index contributed by atoms with van der Waals surface area (Å²) in [4.78, 5) is 14.2. The molecule has 1 atom stereocenters. The highest BCUT2D eigenvalue weighted by molar-refractivity contribution is 5.79. The molecule has 0 bridgehead atoms. The normalized spacial score (nSPS) is 20.7. The van der Waals surface area contributed by atoms with Gasteiger partial charge in [0.2, 0.25) is 0 Å². The van der Waals surface area contributed by atoms with E-state index in [2.05, 4.69) is 42.2 Å². The van der Waals surface area contributed by atoms with Gasteiger partial charge in [0.15, 0.2) is 0 Å². The van der Waals surface area contributed by atoms with Crippen LogP contribution >= 0.6 is 0 Å². The van der Waals surface area contributed by atoms with Gasteiger partial charge in [-0.3, -0.25) is 9.69 Å². The van der Waals surface area contributed by atoms with Crippen LogP contribution in [0.4, 0.5) is 0 Å². The van der Waals surface area contributed by atoms with Crippen molar-refractivity contribution in [3.63, 3.8) is 0 Å². The zero-order valence-electron chi connectivity index (χ0n) is 12.0. The second kappa shape index (κ2) is 7.44. The van der Waals surface area contributed by atoms with Crippen molar-refractivity contribution >= 4 is 5.78 Å². The molecule has 1 aromatic carbocycles. The lowest BCUT2D eigenvalue weighted by molar-refractivity contribution is -0.123. The van der Waals surface area contributed by atoms with E-state index in [-0.39, 0.29) is 0 Å². The quantitative estimate of drug-likeness (QED) is 0.724. The molecule has 104 valence electrons. The highest BCUT2D eigenvalue weighted by Gasteiger charge is 2.26. The molecule has 1 aliphatic rings. The number of rotatable bonds is 6. The molecule has 0 aliphatic carbocycles. The lowest BCUT2D eigenvalue weighted by Crippen LogP contribution is -2.42. The van der Waals surface area contributed by atoms with Crippen molar-refractivity contribution in [3.8, 4) is 0 Å². The molecule has 2 rings (SSSR count). The second-order valence-corrected chi connectivity index (χ2v) is 5.60. The fraction of sp³-hybridized carbons (Fsp3) is 0.588. The van der Waals surface area contributed by atoms with Crippen molar-refractivity contribution in [1.82, 2.24) is 4.90 Å². The Kier molecular flexibility index (Phi) is 5.59. The summed E-state index contributed by atoms with van der Waals surface area (Å²) in [5.41, 5.74) is 1.36. The lowest BCUT2D eigenvalue weighted by Gasteiger charge is -2.35. The van der Waals surface area contributed by atoms with Crippen molar-refractivity contribution in [2.45, 2.75) is 58.0 Å². The molecule has 0 amide bonds. The third kappa shape index (κ3) is 4.46. The maximum atomic E-state index is 11.7. The number of Topliss-reactive ketones (excluding diaryl/α,β-unsaturated/α-hetero) is 1. The maximum Gasteiger partial charge on any atom is 0.135 e. The minimum absolute atomic E-state index is 0.450. The molecular weight excluding hydrogens is 234 g/mol. The Morgan fingerprint density at radius 1 is 1.21 bits per heavy atom. The van der Waals surface area contributed by atoms with Crippen LogP contribution in [0.2, 0.25) is 0 Å². The average Bonchev–Trinajstić information content (AvgIpc) is 2.43. The molecule has 1 saturated heterocycles. The Labute approximate surface area is 116 Å². The van der Waals surface area contributed by atoms with E-state index in [1.807, 2.05) is 0 Å². The smallest absolute Gasteiger partial charge is 0.135 e. The van der Waals surface area contributed by atoms with Crippen LogP contribution in [0.1, 0.15) is 51.0 Å². The van der Waals surface area contributed by atoms with E-state index in [0.29, 0.717) is 11.8 Å². The van der Waals surface area contributed by atoms with Crippen molar-refractivity contribution in [3.05, 3.63) is 35.9 Å². The van der Waals surface area contributed by atoms with Crippen molar-refractivity contribution in [2.75, 3.05) is 6.54 Å². The summed E-state index contributed by atoms with van der Waals surface area (Å²) in [7, 11) is 0. The van der Waals surface area contributed by atoms with Crippen molar-refractivity contribution in [2.24, 2.45) is 0 Å². The topological polar surface area (TPSA) is 20.3 Å². The third-order valence-corrected chi connectivity index (χ3v) is 4.03. The summed E-state index contributed by atoms with van der Waals surface area (Å²) in [6.45, 7) is 4.16. The summed E-state index contributed by atoms with van der Waals surface area (Å²) in [5, 5.41) is 0. The summed E-state index contributed by atoms with van der Waals surface area (Å²) < 4.78 is 0. The van der Waals surface area contributed by atoms with Crippen molar-refractivity contribution < 1.29 is 4.79 Å². The second-order valence-electron chi connectivity index (χ2n) is 5.60. The average molecular weight is 259 g/mol. The first kappa shape index (κ1) is 14.3. The zero-order chi connectivity index (χ0) is 13.5. The van der Waals surface area contributed by atoms with Gasteiger partial charge in [0.05, 0.1) is 0 Å². The van der Waals surface area contributed by atoms with Crippen LogP contribution < -0.4 is 0 Å². The van der Waals surface area contributed by atoms with E-state index in [4.69, 9.17) is 0 Å². The van der Waals surface area contributed by atoms with Crippen LogP contribution in [0.25, 0.3) is 0 Å². The number of hydrogen-bond acceptors (Lipinski definition) is 2. The molecule has 0 radical (unpaired) electrons. The van der Waals surface area contributed by atoms with Gasteiger partial charge in [-0.05, 0) is 12.0 Å². The van der Waals surface area contributed by atoms with E-state index in [9.17, 15) is 4.79 Å². The minimum atomic E-state index is 0.450. The van der Waals surface area contributed by atoms with Gasteiger partial charge >= 0.3 is 0 Å². The summed E-state index contributed by atoms with van der Waals surface area (Å²) in [5.74, 6) is 0.450. The summed E-state index contributed by atoms with van der Waals surface area (Å²) in [6.07, 6.45) is 6.45. The molecule has 0 saturated carbocycles. The number of carbonyl (C=O) groups excluding carboxylic acids is 1. The fourth-order valence-electron chi connectivity index (χ4n) is 2.89. The Balaban J connectivity index is 1.93. The van der Waals surface area contributed by atoms with Gasteiger partial charge in [-0.1, -0.05) is 56.5 Å². The fourth-order valence-corrected chi connectivity index (χ4v) is 2.89. The predicted octanol–water partition coefficient (Wildman–Crippen LogP) is 3.80. The van der Waals surface area contributed by atoms with E-state index < -0.39 is 0 Å². The monoisotopic (exact) mass is 259 g/mol. The summed E-state index contributed by atoms with van der Waals surface area (Å²) in [6, 6.07) is 11.1. The van der Waals surface area contributed by atoms with E-state index in [0.717, 1.165) is 25.9 Å². The van der Waals surface area contributed by atoms with Gasteiger partial charge in [0, 0.05) is 32.0 Å². The molecule has 0 aromatic heterocycles. The predicted molar refractivity (Wildman–Crippen MR) is 79.0 cm³/mol. The number of benzene rings is 1. The van der Waals surface area contributed by atoms with Crippen LogP contribution in [0.5, 0.6) is 0 Å². The number of likely N-dealkylation sites (tertiary alicyclic amines) is 1. The van der Waals surface area contributed by atoms with Gasteiger partial charge in [-0.2, -0.15) is 0 Å². The number of carbonyl (C=O) groups is 1. The van der Waals surface area contributed by atoms with Gasteiger partial charge in [-0.15, -0.1) is 0 Å². The largest absolute Gasteiger partial charge is 0.300 e. The maximum absolute atomic E-state index is 11.7. The SMILES string of the molecule is CCCCCC1CC(=O)CCN1Cc1ccccc1. The molecule has 2 heteroatoms. The highest BCUT2D eigenvalue weighted by Crippen LogP contribution is 2.22. The van der Waals surface area contributed by atoms with Crippen LogP contribution in [0.3, 0.4) is 0 Å². The number of ketones is 1. The zero-order valence-corrected chi connectivity index (χ0v) is 12.0. The van der Waals surface area contributed by atoms with Gasteiger partial charge in [-0.25, -0.2) is 0 Å². The van der Waals surface area contributed by atoms with Gasteiger partial charge in [0.1, 0.15) is 5.78 Å². The van der Waals surface area contributed by atoms with Crippen LogP contribution in [0, 0.1) is 0 Å². The van der Waals surface area contributed by atoms with Crippen LogP contribution in [0.15, 0.2) is 30.3 Å². The highest BCUT2D eigenvalue weighted by atomic mass is 16.1. The Hall–Kier alpha value is -1.15. The minimum Gasteiger partial charge on any atom is -0.300 e. The number of unbranched alkanes of at least 4 members (excludes halogenated alkanes) is 2. The number of piperidine rings is 1. The lowest BCUT2D eigenvalue weighted by atomic mass is 9.95. The molecule has 0 spiro atoms. The number of nitrogens with zero attached hydrogens (tertiary/aromatic N) is 1. The molecule has 1 aromatic rings. The Morgan fingerprint density at radius 3 is 2.74 bits per heavy atom. The van der Waals surface area contributed by atoms with Gasteiger partial charge < -0.3 is 0 Å². The standard InChI is InChI=1S/C17H25NO/c1-2-3-5-10-16-13-17(19)11-12-18(16)14-15-8-6-4-7-9-15/h4,6-9,16H,2-3,5,10-14H2,1H3. The third-order valence-electron chi connectivity index (χ3n) is 4.03. The first-order valence-electron chi connectivity index (χ1n) is 7.59. The molecular formula is C17H25NO. The van der Waals surface area contributed by atoms with Crippen molar-refractivity contribution in [1.29, 1.82) is 0 Å². The van der Waals surface area contributed by atoms with E-state index in [1.54, 1.807) is 0 Å². The molecule has 1 heterocycles. The first-order valence-corrected chi connectivity index (χ1v) is 7.59. The summed E-state index contributed by atoms with van der Waals surface area (Å²) >= 11 is 0. The Bertz CT molecular complexity index is 388. The Morgan fingerprint density at radius 2 is 2.00 bits per heavy atom. The molecule has 2 nitrogen and oxygen atoms in total. The van der Waals surface area contributed by atoms with Gasteiger partial charge in [0.25, 0.3) is 0 Å².